The van der Waals surface area contributed by atoms with Crippen molar-refractivity contribution in [3.63, 3.8) is 0 Å². The number of rotatable bonds is 4. The van der Waals surface area contributed by atoms with Crippen LogP contribution in [0.4, 0.5) is 5.13 Å². The van der Waals surface area contributed by atoms with E-state index >= 15 is 0 Å². The van der Waals surface area contributed by atoms with E-state index < -0.39 is 0 Å². The fourth-order valence-electron chi connectivity index (χ4n) is 1.32. The Morgan fingerprint density at radius 3 is 2.88 bits per heavy atom. The number of nitrogens with one attached hydrogen (secondary N) is 1. The molecule has 1 heterocycles. The number of halogens is 1. The lowest BCUT2D eigenvalue weighted by molar-refractivity contribution is 0.687. The molecule has 0 aliphatic heterocycles. The number of nitrogens with zero attached hydrogens (tertiary/aromatic N) is 2. The SMILES string of the molecule is CC(C)CNc1nnc(-c2cccc(Cl)c2)s1. The molecule has 0 amide bonds. The third-order valence-corrected chi connectivity index (χ3v) is 3.32. The van der Waals surface area contributed by atoms with Gasteiger partial charge in [-0.25, -0.2) is 0 Å². The lowest BCUT2D eigenvalue weighted by atomic mass is 10.2. The summed E-state index contributed by atoms with van der Waals surface area (Å²) in [7, 11) is 0. The van der Waals surface area contributed by atoms with E-state index in [9.17, 15) is 0 Å². The second-order valence-corrected chi connectivity index (χ2v) is 5.61. The second-order valence-electron chi connectivity index (χ2n) is 4.20. The maximum absolute atomic E-state index is 5.95. The number of benzene rings is 1. The van der Waals surface area contributed by atoms with E-state index in [0.29, 0.717) is 5.92 Å². The Morgan fingerprint density at radius 1 is 1.35 bits per heavy atom. The van der Waals surface area contributed by atoms with E-state index in [4.69, 9.17) is 11.6 Å². The molecule has 0 unspecified atom stereocenters. The molecule has 2 rings (SSSR count). The van der Waals surface area contributed by atoms with Crippen LogP contribution >= 0.6 is 22.9 Å². The first-order valence-corrected chi connectivity index (χ1v) is 6.68. The highest BCUT2D eigenvalue weighted by Crippen LogP contribution is 2.27. The van der Waals surface area contributed by atoms with Crippen molar-refractivity contribution in [1.82, 2.24) is 10.2 Å². The molecule has 0 atom stereocenters. The van der Waals surface area contributed by atoms with Crippen LogP contribution in [0, 0.1) is 5.92 Å². The number of anilines is 1. The molecule has 17 heavy (non-hydrogen) atoms. The highest BCUT2D eigenvalue weighted by atomic mass is 35.5. The molecule has 0 bridgehead atoms. The third kappa shape index (κ3) is 3.41. The van der Waals surface area contributed by atoms with Crippen LogP contribution in [0.25, 0.3) is 10.6 Å². The van der Waals surface area contributed by atoms with Gasteiger partial charge >= 0.3 is 0 Å². The van der Waals surface area contributed by atoms with Gasteiger partial charge in [0.05, 0.1) is 0 Å². The first-order chi connectivity index (χ1) is 8.15. The van der Waals surface area contributed by atoms with Crippen molar-refractivity contribution >= 4 is 28.1 Å². The summed E-state index contributed by atoms with van der Waals surface area (Å²) in [5.74, 6) is 0.591. The lowest BCUT2D eigenvalue weighted by Gasteiger charge is -2.03. The molecule has 1 aromatic heterocycles. The van der Waals surface area contributed by atoms with E-state index in [0.717, 1.165) is 27.3 Å². The summed E-state index contributed by atoms with van der Waals surface area (Å²) >= 11 is 7.49. The Kier molecular flexibility index (Phi) is 3.97. The minimum atomic E-state index is 0.591. The van der Waals surface area contributed by atoms with Crippen molar-refractivity contribution in [3.05, 3.63) is 29.3 Å². The molecule has 0 radical (unpaired) electrons. The molecule has 3 nitrogen and oxygen atoms in total. The summed E-state index contributed by atoms with van der Waals surface area (Å²) in [6.45, 7) is 5.22. The van der Waals surface area contributed by atoms with E-state index in [1.807, 2.05) is 24.3 Å². The van der Waals surface area contributed by atoms with Crippen LogP contribution in [0.1, 0.15) is 13.8 Å². The van der Waals surface area contributed by atoms with Crippen LogP contribution in [-0.4, -0.2) is 16.7 Å². The average Bonchev–Trinajstić information content (AvgIpc) is 2.75. The predicted molar refractivity (Wildman–Crippen MR) is 73.7 cm³/mol. The molecule has 2 aromatic rings. The van der Waals surface area contributed by atoms with Gasteiger partial charge in [-0.1, -0.05) is 48.9 Å². The van der Waals surface area contributed by atoms with Gasteiger partial charge in [-0.15, -0.1) is 10.2 Å². The van der Waals surface area contributed by atoms with Crippen molar-refractivity contribution < 1.29 is 0 Å². The van der Waals surface area contributed by atoms with E-state index in [2.05, 4.69) is 29.4 Å². The van der Waals surface area contributed by atoms with Crippen molar-refractivity contribution in [1.29, 1.82) is 0 Å². The molecule has 0 saturated heterocycles. The average molecular weight is 268 g/mol. The maximum atomic E-state index is 5.95. The Labute approximate surface area is 110 Å². The molecule has 1 aromatic carbocycles. The second kappa shape index (κ2) is 5.47. The van der Waals surface area contributed by atoms with Gasteiger partial charge in [0.25, 0.3) is 0 Å². The fraction of sp³-hybridized carbons (Fsp3) is 0.333. The molecule has 0 aliphatic rings. The summed E-state index contributed by atoms with van der Waals surface area (Å²) in [6.07, 6.45) is 0. The van der Waals surface area contributed by atoms with Crippen molar-refractivity contribution in [2.75, 3.05) is 11.9 Å². The zero-order valence-corrected chi connectivity index (χ0v) is 11.3. The molecule has 0 fully saturated rings. The summed E-state index contributed by atoms with van der Waals surface area (Å²) in [5, 5.41) is 14.0. The molecular weight excluding hydrogens is 254 g/mol. The van der Waals surface area contributed by atoms with Gasteiger partial charge in [-0.2, -0.15) is 0 Å². The molecule has 5 heteroatoms. The van der Waals surface area contributed by atoms with Gasteiger partial charge in [-0.05, 0) is 18.1 Å². The van der Waals surface area contributed by atoms with Crippen LogP contribution in [0.3, 0.4) is 0 Å². The van der Waals surface area contributed by atoms with Crippen LogP contribution in [0.2, 0.25) is 5.02 Å². The first-order valence-electron chi connectivity index (χ1n) is 5.48. The highest BCUT2D eigenvalue weighted by molar-refractivity contribution is 7.18. The van der Waals surface area contributed by atoms with Gasteiger partial charge in [-0.3, -0.25) is 0 Å². The lowest BCUT2D eigenvalue weighted by Crippen LogP contribution is -2.07. The summed E-state index contributed by atoms with van der Waals surface area (Å²) in [5.41, 5.74) is 1.01. The topological polar surface area (TPSA) is 37.8 Å². The zero-order valence-electron chi connectivity index (χ0n) is 9.77. The largest absolute Gasteiger partial charge is 0.360 e. The summed E-state index contributed by atoms with van der Waals surface area (Å²) in [4.78, 5) is 0. The van der Waals surface area contributed by atoms with Gasteiger partial charge < -0.3 is 5.32 Å². The van der Waals surface area contributed by atoms with Gasteiger partial charge in [0, 0.05) is 17.1 Å². The minimum absolute atomic E-state index is 0.591. The van der Waals surface area contributed by atoms with Crippen molar-refractivity contribution in [3.8, 4) is 10.6 Å². The van der Waals surface area contributed by atoms with Crippen molar-refractivity contribution in [2.24, 2.45) is 5.92 Å². The molecular formula is C12H14ClN3S. The van der Waals surface area contributed by atoms with Crippen LogP contribution in [0.15, 0.2) is 24.3 Å². The standard InChI is InChI=1S/C12H14ClN3S/c1-8(2)7-14-12-16-15-11(17-12)9-4-3-5-10(13)6-9/h3-6,8H,7H2,1-2H3,(H,14,16). The molecule has 0 aliphatic carbocycles. The van der Waals surface area contributed by atoms with Crippen LogP contribution in [0.5, 0.6) is 0 Å². The smallest absolute Gasteiger partial charge is 0.206 e. The zero-order chi connectivity index (χ0) is 12.3. The van der Waals surface area contributed by atoms with E-state index in [1.54, 1.807) is 11.3 Å². The first kappa shape index (κ1) is 12.3. The molecule has 0 spiro atoms. The van der Waals surface area contributed by atoms with Gasteiger partial charge in [0.2, 0.25) is 5.13 Å². The van der Waals surface area contributed by atoms with Gasteiger partial charge in [0.15, 0.2) is 0 Å². The maximum Gasteiger partial charge on any atom is 0.206 e. The van der Waals surface area contributed by atoms with E-state index in [1.165, 1.54) is 0 Å². The third-order valence-electron chi connectivity index (χ3n) is 2.16. The Balaban J connectivity index is 2.12. The minimum Gasteiger partial charge on any atom is -0.360 e. The summed E-state index contributed by atoms with van der Waals surface area (Å²) < 4.78 is 0. The van der Waals surface area contributed by atoms with E-state index in [-0.39, 0.29) is 0 Å². The fourth-order valence-corrected chi connectivity index (χ4v) is 2.26. The number of hydrogen-bond donors (Lipinski definition) is 1. The number of hydrogen-bond acceptors (Lipinski definition) is 4. The van der Waals surface area contributed by atoms with Gasteiger partial charge in [0.1, 0.15) is 5.01 Å². The monoisotopic (exact) mass is 267 g/mol. The van der Waals surface area contributed by atoms with Crippen LogP contribution in [-0.2, 0) is 0 Å². The van der Waals surface area contributed by atoms with Crippen LogP contribution < -0.4 is 5.32 Å². The molecule has 0 saturated carbocycles. The molecule has 1 N–H and O–H groups in total. The summed E-state index contributed by atoms with van der Waals surface area (Å²) in [6, 6.07) is 7.65. The Bertz CT molecular complexity index is 496. The highest BCUT2D eigenvalue weighted by Gasteiger charge is 2.06. The van der Waals surface area contributed by atoms with Crippen molar-refractivity contribution in [2.45, 2.75) is 13.8 Å². The quantitative estimate of drug-likeness (QED) is 0.912. The molecule has 90 valence electrons. The Hall–Kier alpha value is -1.13. The normalized spacial score (nSPS) is 10.8. The Morgan fingerprint density at radius 2 is 2.18 bits per heavy atom. The predicted octanol–water partition coefficient (Wildman–Crippen LogP) is 3.93. The number of aromatic nitrogens is 2.